The Kier molecular flexibility index (Phi) is 6.01. The maximum Gasteiger partial charge on any atom is 0.317 e. The third-order valence-corrected chi connectivity index (χ3v) is 6.93. The molecule has 2 N–H and O–H groups in total. The highest BCUT2D eigenvalue weighted by Gasteiger charge is 2.36. The van der Waals surface area contributed by atoms with Gasteiger partial charge in [-0.1, -0.05) is 13.8 Å². The van der Waals surface area contributed by atoms with E-state index in [9.17, 15) is 9.59 Å². The first-order valence-electron chi connectivity index (χ1n) is 8.42. The Morgan fingerprint density at radius 3 is 2.41 bits per heavy atom. The molecule has 0 aromatic heterocycles. The molecule has 1 saturated heterocycles. The average molecular weight is 328 g/mol. The van der Waals surface area contributed by atoms with Crippen LogP contribution in [0.15, 0.2) is 0 Å². The number of carbonyl (C=O) groups is 2. The van der Waals surface area contributed by atoms with Crippen LogP contribution in [0.4, 0.5) is 4.79 Å². The minimum atomic E-state index is -0.700. The van der Waals surface area contributed by atoms with Gasteiger partial charge in [-0.05, 0) is 38.5 Å². The maximum absolute atomic E-state index is 12.5. The Labute approximate surface area is 137 Å². The van der Waals surface area contributed by atoms with Crippen LogP contribution >= 0.6 is 11.8 Å². The summed E-state index contributed by atoms with van der Waals surface area (Å²) in [6, 6.07) is 0.167. The van der Waals surface area contributed by atoms with Gasteiger partial charge < -0.3 is 15.3 Å². The summed E-state index contributed by atoms with van der Waals surface area (Å²) < 4.78 is 0.205. The van der Waals surface area contributed by atoms with Gasteiger partial charge in [0.15, 0.2) is 0 Å². The summed E-state index contributed by atoms with van der Waals surface area (Å²) in [5, 5.41) is 12.1. The standard InChI is InChI=1S/C16H28N2O3S/c1-3-16(4-2)11-18(9-10-22-16)15(21)17-13-7-5-12(6-8-13)14(19)20/h12-13H,3-11H2,1-2H3,(H,17,21)(H,19,20). The van der Waals surface area contributed by atoms with E-state index in [4.69, 9.17) is 5.11 Å². The Bertz CT molecular complexity index is 404. The van der Waals surface area contributed by atoms with Crippen molar-refractivity contribution in [3.05, 3.63) is 0 Å². The predicted octanol–water partition coefficient (Wildman–Crippen LogP) is 2.95. The first-order valence-corrected chi connectivity index (χ1v) is 9.40. The lowest BCUT2D eigenvalue weighted by molar-refractivity contribution is -0.142. The average Bonchev–Trinajstić information content (AvgIpc) is 2.55. The van der Waals surface area contributed by atoms with Gasteiger partial charge in [-0.3, -0.25) is 4.79 Å². The SMILES string of the molecule is CCC1(CC)CN(C(=O)NC2CCC(C(=O)O)CC2)CCS1. The second kappa shape index (κ2) is 7.57. The van der Waals surface area contributed by atoms with Crippen molar-refractivity contribution >= 4 is 23.8 Å². The van der Waals surface area contributed by atoms with Crippen LogP contribution in [0.2, 0.25) is 0 Å². The molecule has 1 heterocycles. The van der Waals surface area contributed by atoms with Crippen molar-refractivity contribution in [3.8, 4) is 0 Å². The van der Waals surface area contributed by atoms with E-state index in [0.29, 0.717) is 12.8 Å². The fraction of sp³-hybridized carbons (Fsp3) is 0.875. The summed E-state index contributed by atoms with van der Waals surface area (Å²) in [4.78, 5) is 25.4. The Balaban J connectivity index is 1.84. The van der Waals surface area contributed by atoms with Gasteiger partial charge in [0, 0.05) is 29.6 Å². The molecule has 126 valence electrons. The summed E-state index contributed by atoms with van der Waals surface area (Å²) in [6.07, 6.45) is 5.06. The highest BCUT2D eigenvalue weighted by atomic mass is 32.2. The number of urea groups is 1. The molecule has 2 rings (SSSR count). The van der Waals surface area contributed by atoms with Gasteiger partial charge in [0.1, 0.15) is 0 Å². The lowest BCUT2D eigenvalue weighted by Crippen LogP contribution is -2.54. The van der Waals surface area contributed by atoms with Crippen LogP contribution in [0, 0.1) is 5.92 Å². The molecule has 1 aliphatic heterocycles. The molecule has 0 atom stereocenters. The molecule has 2 fully saturated rings. The Morgan fingerprint density at radius 1 is 1.23 bits per heavy atom. The summed E-state index contributed by atoms with van der Waals surface area (Å²) in [7, 11) is 0. The lowest BCUT2D eigenvalue weighted by atomic mass is 9.86. The molecule has 1 aliphatic carbocycles. The van der Waals surface area contributed by atoms with Crippen molar-refractivity contribution in [1.29, 1.82) is 0 Å². The number of hydrogen-bond acceptors (Lipinski definition) is 3. The molecule has 6 heteroatoms. The van der Waals surface area contributed by atoms with Crippen LogP contribution in [-0.4, -0.2) is 51.6 Å². The number of rotatable bonds is 4. The van der Waals surface area contributed by atoms with Crippen LogP contribution in [0.3, 0.4) is 0 Å². The number of carbonyl (C=O) groups excluding carboxylic acids is 1. The second-order valence-electron chi connectivity index (χ2n) is 6.50. The van der Waals surface area contributed by atoms with Crippen molar-refractivity contribution in [2.24, 2.45) is 5.92 Å². The topological polar surface area (TPSA) is 69.6 Å². The summed E-state index contributed by atoms with van der Waals surface area (Å²) in [6.45, 7) is 6.03. The lowest BCUT2D eigenvalue weighted by Gasteiger charge is -2.42. The van der Waals surface area contributed by atoms with Crippen LogP contribution in [0.25, 0.3) is 0 Å². The number of aliphatic carboxylic acids is 1. The summed E-state index contributed by atoms with van der Waals surface area (Å²) in [5.41, 5.74) is 0. The van der Waals surface area contributed by atoms with Crippen LogP contribution in [-0.2, 0) is 4.79 Å². The Hall–Kier alpha value is -0.910. The third kappa shape index (κ3) is 4.09. The van der Waals surface area contributed by atoms with Gasteiger partial charge in [-0.25, -0.2) is 4.79 Å². The zero-order chi connectivity index (χ0) is 16.2. The van der Waals surface area contributed by atoms with Crippen LogP contribution in [0.5, 0.6) is 0 Å². The first kappa shape index (κ1) is 17.4. The Morgan fingerprint density at radius 2 is 1.86 bits per heavy atom. The molecular weight excluding hydrogens is 300 g/mol. The van der Waals surface area contributed by atoms with E-state index >= 15 is 0 Å². The molecule has 5 nitrogen and oxygen atoms in total. The van der Waals surface area contributed by atoms with E-state index in [1.54, 1.807) is 0 Å². The first-order chi connectivity index (χ1) is 10.5. The second-order valence-corrected chi connectivity index (χ2v) is 8.06. The quantitative estimate of drug-likeness (QED) is 0.832. The molecular formula is C16H28N2O3S. The molecule has 0 spiro atoms. The van der Waals surface area contributed by atoms with Crippen molar-refractivity contribution < 1.29 is 14.7 Å². The van der Waals surface area contributed by atoms with Gasteiger partial charge in [0.25, 0.3) is 0 Å². The highest BCUT2D eigenvalue weighted by Crippen LogP contribution is 2.36. The number of carboxylic acids is 1. The third-order valence-electron chi connectivity index (χ3n) is 5.23. The van der Waals surface area contributed by atoms with E-state index in [0.717, 1.165) is 44.5 Å². The number of nitrogens with zero attached hydrogens (tertiary/aromatic N) is 1. The highest BCUT2D eigenvalue weighted by molar-refractivity contribution is 8.00. The van der Waals surface area contributed by atoms with Gasteiger partial charge in [0.05, 0.1) is 5.92 Å². The molecule has 0 aromatic carbocycles. The van der Waals surface area contributed by atoms with E-state index < -0.39 is 5.97 Å². The monoisotopic (exact) mass is 328 g/mol. The normalized spacial score (nSPS) is 28.2. The molecule has 2 aliphatic rings. The molecule has 0 radical (unpaired) electrons. The van der Waals surface area contributed by atoms with Crippen LogP contribution in [0.1, 0.15) is 52.4 Å². The smallest absolute Gasteiger partial charge is 0.317 e. The number of amides is 2. The molecule has 0 aromatic rings. The molecule has 22 heavy (non-hydrogen) atoms. The van der Waals surface area contributed by atoms with E-state index in [1.165, 1.54) is 0 Å². The largest absolute Gasteiger partial charge is 0.481 e. The van der Waals surface area contributed by atoms with E-state index in [-0.39, 0.29) is 22.7 Å². The molecule has 2 amide bonds. The molecule has 0 unspecified atom stereocenters. The minimum absolute atomic E-state index is 0.0327. The van der Waals surface area contributed by atoms with Gasteiger partial charge in [-0.2, -0.15) is 11.8 Å². The van der Waals surface area contributed by atoms with Gasteiger partial charge in [0.2, 0.25) is 0 Å². The van der Waals surface area contributed by atoms with Gasteiger partial charge >= 0.3 is 12.0 Å². The molecule has 1 saturated carbocycles. The molecule has 0 bridgehead atoms. The number of hydrogen-bond donors (Lipinski definition) is 2. The van der Waals surface area contributed by atoms with E-state index in [1.807, 2.05) is 16.7 Å². The predicted molar refractivity (Wildman–Crippen MR) is 89.3 cm³/mol. The van der Waals surface area contributed by atoms with Crippen molar-refractivity contribution in [2.45, 2.75) is 63.2 Å². The number of carboxylic acid groups (broad SMARTS) is 1. The van der Waals surface area contributed by atoms with Gasteiger partial charge in [-0.15, -0.1) is 0 Å². The fourth-order valence-electron chi connectivity index (χ4n) is 3.45. The van der Waals surface area contributed by atoms with Crippen molar-refractivity contribution in [3.63, 3.8) is 0 Å². The fourth-order valence-corrected chi connectivity index (χ4v) is 4.85. The van der Waals surface area contributed by atoms with Crippen molar-refractivity contribution in [1.82, 2.24) is 10.2 Å². The minimum Gasteiger partial charge on any atom is -0.481 e. The number of thioether (sulfide) groups is 1. The zero-order valence-electron chi connectivity index (χ0n) is 13.6. The zero-order valence-corrected chi connectivity index (χ0v) is 14.5. The maximum atomic E-state index is 12.5. The number of nitrogens with one attached hydrogen (secondary N) is 1. The summed E-state index contributed by atoms with van der Waals surface area (Å²) >= 11 is 1.99. The summed E-state index contributed by atoms with van der Waals surface area (Å²) in [5.74, 6) is 0.0711. The van der Waals surface area contributed by atoms with Crippen LogP contribution < -0.4 is 5.32 Å². The van der Waals surface area contributed by atoms with Crippen molar-refractivity contribution in [2.75, 3.05) is 18.8 Å². The van der Waals surface area contributed by atoms with E-state index in [2.05, 4.69) is 19.2 Å².